The molecule has 1 atom stereocenters. The zero-order valence-corrected chi connectivity index (χ0v) is 14.7. The molecule has 126 valence electrons. The Labute approximate surface area is 142 Å². The highest BCUT2D eigenvalue weighted by Gasteiger charge is 2.34. The highest BCUT2D eigenvalue weighted by Crippen LogP contribution is 2.27. The van der Waals surface area contributed by atoms with Gasteiger partial charge in [0.15, 0.2) is 0 Å². The average Bonchev–Trinajstić information content (AvgIpc) is 2.65. The highest BCUT2D eigenvalue weighted by atomic mass is 32.2. The third-order valence-corrected chi connectivity index (χ3v) is 5.85. The van der Waals surface area contributed by atoms with Gasteiger partial charge in [-0.1, -0.05) is 29.3 Å². The van der Waals surface area contributed by atoms with Crippen molar-refractivity contribution in [3.05, 3.63) is 59.2 Å². The third-order valence-electron chi connectivity index (χ3n) is 4.08. The first-order chi connectivity index (χ1) is 11.3. The molecule has 5 nitrogen and oxygen atoms in total. The minimum atomic E-state index is -3.90. The molecule has 0 aromatic heterocycles. The second-order valence-corrected chi connectivity index (χ2v) is 8.11. The fourth-order valence-corrected chi connectivity index (χ4v) is 4.25. The predicted octanol–water partition coefficient (Wildman–Crippen LogP) is 2.95. The van der Waals surface area contributed by atoms with Crippen molar-refractivity contribution >= 4 is 21.6 Å². The predicted molar refractivity (Wildman–Crippen MR) is 93.7 cm³/mol. The van der Waals surface area contributed by atoms with E-state index >= 15 is 0 Å². The Morgan fingerprint density at radius 3 is 2.33 bits per heavy atom. The second kappa shape index (κ2) is 5.94. The van der Waals surface area contributed by atoms with E-state index < -0.39 is 15.9 Å². The molecule has 0 saturated heterocycles. The smallest absolute Gasteiger partial charge is 0.269 e. The number of aryl methyl sites for hydroxylation is 2. The molecule has 0 fully saturated rings. The van der Waals surface area contributed by atoms with Crippen molar-refractivity contribution in [1.82, 2.24) is 4.31 Å². The first kappa shape index (κ1) is 16.5. The van der Waals surface area contributed by atoms with Gasteiger partial charge in [0.05, 0.1) is 17.0 Å². The lowest BCUT2D eigenvalue weighted by Gasteiger charge is -2.22. The van der Waals surface area contributed by atoms with Crippen LogP contribution in [-0.4, -0.2) is 31.2 Å². The number of carbonyl (C=O) groups is 1. The van der Waals surface area contributed by atoms with Crippen LogP contribution in [0.25, 0.3) is 0 Å². The summed E-state index contributed by atoms with van der Waals surface area (Å²) >= 11 is 0. The maximum atomic E-state index is 13.0. The number of carbonyl (C=O) groups excluding carboxylic acids is 1. The number of benzene rings is 2. The fourth-order valence-electron chi connectivity index (χ4n) is 2.78. The summed E-state index contributed by atoms with van der Waals surface area (Å²) in [5.74, 6) is -0.494. The molecule has 0 radical (unpaired) electrons. The fraction of sp³-hybridized carbons (Fsp3) is 0.278. The van der Waals surface area contributed by atoms with Crippen LogP contribution < -0.4 is 5.32 Å². The molecule has 0 aliphatic carbocycles. The quantitative estimate of drug-likeness (QED) is 0.909. The SMILES string of the molecule is Cc1ccc(S(=O)(=O)N2CC(C)Nc3ccc(C)cc3C2=O)cc1. The molecule has 6 heteroatoms. The number of rotatable bonds is 2. The van der Waals surface area contributed by atoms with E-state index in [0.717, 1.165) is 15.4 Å². The van der Waals surface area contributed by atoms with E-state index in [1.54, 1.807) is 18.2 Å². The van der Waals surface area contributed by atoms with E-state index in [1.165, 1.54) is 12.1 Å². The Bertz CT molecular complexity index is 889. The van der Waals surface area contributed by atoms with Crippen LogP contribution >= 0.6 is 0 Å². The van der Waals surface area contributed by atoms with Crippen LogP contribution in [0.15, 0.2) is 47.4 Å². The summed E-state index contributed by atoms with van der Waals surface area (Å²) in [5, 5.41) is 3.22. The van der Waals surface area contributed by atoms with Crippen LogP contribution in [0.5, 0.6) is 0 Å². The van der Waals surface area contributed by atoms with Crippen molar-refractivity contribution in [3.8, 4) is 0 Å². The number of fused-ring (bicyclic) bond motifs is 1. The molecule has 1 aliphatic rings. The third kappa shape index (κ3) is 2.89. The van der Waals surface area contributed by atoms with Crippen molar-refractivity contribution in [2.45, 2.75) is 31.7 Å². The van der Waals surface area contributed by atoms with E-state index in [9.17, 15) is 13.2 Å². The minimum absolute atomic E-state index is 0.0861. The van der Waals surface area contributed by atoms with Gasteiger partial charge in [0.2, 0.25) is 0 Å². The van der Waals surface area contributed by atoms with Gasteiger partial charge in [-0.25, -0.2) is 12.7 Å². The summed E-state index contributed by atoms with van der Waals surface area (Å²) in [4.78, 5) is 13.1. The number of amides is 1. The van der Waals surface area contributed by atoms with Gasteiger partial charge in [-0.15, -0.1) is 0 Å². The zero-order chi connectivity index (χ0) is 17.5. The first-order valence-corrected chi connectivity index (χ1v) is 9.24. The largest absolute Gasteiger partial charge is 0.380 e. The molecule has 2 aromatic carbocycles. The van der Waals surface area contributed by atoms with Crippen molar-refractivity contribution in [2.75, 3.05) is 11.9 Å². The maximum absolute atomic E-state index is 13.0. The van der Waals surface area contributed by atoms with E-state index in [4.69, 9.17) is 0 Å². The number of nitrogens with zero attached hydrogens (tertiary/aromatic N) is 1. The van der Waals surface area contributed by atoms with Crippen LogP contribution in [0, 0.1) is 13.8 Å². The van der Waals surface area contributed by atoms with Crippen LogP contribution in [0.2, 0.25) is 0 Å². The van der Waals surface area contributed by atoms with Crippen LogP contribution in [-0.2, 0) is 10.0 Å². The monoisotopic (exact) mass is 344 g/mol. The lowest BCUT2D eigenvalue weighted by Crippen LogP contribution is -2.40. The number of sulfonamides is 1. The van der Waals surface area contributed by atoms with E-state index in [1.807, 2.05) is 32.9 Å². The van der Waals surface area contributed by atoms with Gasteiger partial charge in [-0.2, -0.15) is 0 Å². The molecule has 3 rings (SSSR count). The minimum Gasteiger partial charge on any atom is -0.380 e. The molecule has 2 aromatic rings. The topological polar surface area (TPSA) is 66.5 Å². The molecule has 1 N–H and O–H groups in total. The number of nitrogens with one attached hydrogen (secondary N) is 1. The van der Waals surface area contributed by atoms with Gasteiger partial charge < -0.3 is 5.32 Å². The first-order valence-electron chi connectivity index (χ1n) is 7.80. The van der Waals surface area contributed by atoms with Crippen LogP contribution in [0.1, 0.15) is 28.4 Å². The van der Waals surface area contributed by atoms with E-state index in [-0.39, 0.29) is 17.5 Å². The lowest BCUT2D eigenvalue weighted by molar-refractivity contribution is 0.0863. The van der Waals surface area contributed by atoms with Crippen molar-refractivity contribution in [3.63, 3.8) is 0 Å². The highest BCUT2D eigenvalue weighted by molar-refractivity contribution is 7.89. The maximum Gasteiger partial charge on any atom is 0.269 e. The number of hydrogen-bond donors (Lipinski definition) is 1. The summed E-state index contributed by atoms with van der Waals surface area (Å²) < 4.78 is 26.9. The van der Waals surface area contributed by atoms with E-state index in [2.05, 4.69) is 5.32 Å². The summed E-state index contributed by atoms with van der Waals surface area (Å²) in [6, 6.07) is 11.8. The molecular formula is C18H20N2O3S. The molecule has 0 bridgehead atoms. The Kier molecular flexibility index (Phi) is 4.09. The summed E-state index contributed by atoms with van der Waals surface area (Å²) in [7, 11) is -3.90. The van der Waals surface area contributed by atoms with Gasteiger partial charge in [0, 0.05) is 11.7 Å². The molecular weight excluding hydrogens is 324 g/mol. The molecule has 0 spiro atoms. The van der Waals surface area contributed by atoms with Crippen LogP contribution in [0.3, 0.4) is 0 Å². The molecule has 1 aliphatic heterocycles. The summed E-state index contributed by atoms with van der Waals surface area (Å²) in [5.41, 5.74) is 2.92. The second-order valence-electron chi connectivity index (χ2n) is 6.25. The number of hydrogen-bond acceptors (Lipinski definition) is 4. The molecule has 24 heavy (non-hydrogen) atoms. The lowest BCUT2D eigenvalue weighted by atomic mass is 10.1. The molecule has 0 saturated carbocycles. The van der Waals surface area contributed by atoms with Crippen molar-refractivity contribution in [1.29, 1.82) is 0 Å². The molecule has 1 unspecified atom stereocenters. The van der Waals surface area contributed by atoms with Crippen molar-refractivity contribution < 1.29 is 13.2 Å². The van der Waals surface area contributed by atoms with Crippen molar-refractivity contribution in [2.24, 2.45) is 0 Å². The number of anilines is 1. The van der Waals surface area contributed by atoms with Gasteiger partial charge in [-0.3, -0.25) is 4.79 Å². The van der Waals surface area contributed by atoms with Crippen LogP contribution in [0.4, 0.5) is 5.69 Å². The van der Waals surface area contributed by atoms with E-state index in [0.29, 0.717) is 11.3 Å². The normalized spacial score (nSPS) is 17.9. The van der Waals surface area contributed by atoms with Gasteiger partial charge in [-0.05, 0) is 45.0 Å². The van der Waals surface area contributed by atoms with Gasteiger partial charge >= 0.3 is 0 Å². The standard InChI is InChI=1S/C18H20N2O3S/c1-12-4-7-15(8-5-12)24(22,23)20-11-14(3)19-17-9-6-13(2)10-16(17)18(20)21/h4-10,14,19H,11H2,1-3H3. The zero-order valence-electron chi connectivity index (χ0n) is 13.9. The Hall–Kier alpha value is -2.34. The average molecular weight is 344 g/mol. The Balaban J connectivity index is 2.09. The summed E-state index contributed by atoms with van der Waals surface area (Å²) in [6.45, 7) is 5.71. The Morgan fingerprint density at radius 1 is 1.04 bits per heavy atom. The van der Waals surface area contributed by atoms with Gasteiger partial charge in [0.1, 0.15) is 0 Å². The summed E-state index contributed by atoms with van der Waals surface area (Å²) in [6.07, 6.45) is 0. The van der Waals surface area contributed by atoms with Gasteiger partial charge in [0.25, 0.3) is 15.9 Å². The molecule has 1 amide bonds. The molecule has 1 heterocycles. The Morgan fingerprint density at radius 2 is 1.67 bits per heavy atom.